The Morgan fingerprint density at radius 3 is 2.78 bits per heavy atom. The molecule has 0 saturated carbocycles. The number of ketones is 1. The third-order valence-electron chi connectivity index (χ3n) is 3.96. The number of rotatable bonds is 7. The largest absolute Gasteiger partial charge is 0.481 e. The van der Waals surface area contributed by atoms with Crippen LogP contribution in [0.15, 0.2) is 61.1 Å². The predicted molar refractivity (Wildman–Crippen MR) is 99.7 cm³/mol. The van der Waals surface area contributed by atoms with Crippen molar-refractivity contribution in [3.8, 4) is 11.6 Å². The van der Waals surface area contributed by atoms with E-state index in [-0.39, 0.29) is 11.7 Å². The third kappa shape index (κ3) is 4.58. The number of amides is 1. The molecule has 0 saturated heterocycles. The van der Waals surface area contributed by atoms with Crippen molar-refractivity contribution in [2.75, 3.05) is 0 Å². The zero-order valence-electron chi connectivity index (χ0n) is 15.1. The Kier molecular flexibility index (Phi) is 5.61. The standard InChI is InChI=1S/C20H20N4O3/c1-14(25)16-6-3-8-18(12-16)27-15(2)20(26)22-13-17-7-4-9-21-19(17)24-11-5-10-23-24/h3-12,15H,13H2,1-2H3,(H,22,26). The summed E-state index contributed by atoms with van der Waals surface area (Å²) in [6.45, 7) is 3.44. The number of ether oxygens (including phenoxy) is 1. The molecule has 7 heteroatoms. The van der Waals surface area contributed by atoms with Gasteiger partial charge in [-0.3, -0.25) is 9.59 Å². The van der Waals surface area contributed by atoms with Gasteiger partial charge in [-0.1, -0.05) is 18.2 Å². The van der Waals surface area contributed by atoms with Crippen LogP contribution in [-0.4, -0.2) is 32.6 Å². The van der Waals surface area contributed by atoms with Crippen LogP contribution in [-0.2, 0) is 11.3 Å². The summed E-state index contributed by atoms with van der Waals surface area (Å²) in [6, 6.07) is 12.3. The summed E-state index contributed by atoms with van der Waals surface area (Å²) in [6.07, 6.45) is 4.43. The molecule has 1 aromatic carbocycles. The number of benzene rings is 1. The summed E-state index contributed by atoms with van der Waals surface area (Å²) in [5, 5.41) is 7.02. The number of pyridine rings is 1. The van der Waals surface area contributed by atoms with Gasteiger partial charge in [0.2, 0.25) is 0 Å². The van der Waals surface area contributed by atoms with E-state index in [9.17, 15) is 9.59 Å². The van der Waals surface area contributed by atoms with Gasteiger partial charge in [0.1, 0.15) is 5.75 Å². The second kappa shape index (κ2) is 8.27. The molecule has 0 spiro atoms. The minimum atomic E-state index is -0.711. The highest BCUT2D eigenvalue weighted by Crippen LogP contribution is 2.16. The van der Waals surface area contributed by atoms with E-state index in [4.69, 9.17) is 4.74 Å². The summed E-state index contributed by atoms with van der Waals surface area (Å²) in [5.74, 6) is 0.813. The molecule has 0 aliphatic rings. The van der Waals surface area contributed by atoms with Gasteiger partial charge >= 0.3 is 0 Å². The van der Waals surface area contributed by atoms with Crippen molar-refractivity contribution < 1.29 is 14.3 Å². The first-order valence-corrected chi connectivity index (χ1v) is 8.54. The SMILES string of the molecule is CC(=O)c1cccc(OC(C)C(=O)NCc2cccnc2-n2cccn2)c1. The van der Waals surface area contributed by atoms with Gasteiger partial charge in [0.05, 0.1) is 0 Å². The molecule has 3 aromatic rings. The van der Waals surface area contributed by atoms with Crippen LogP contribution in [0.2, 0.25) is 0 Å². The van der Waals surface area contributed by atoms with E-state index in [0.717, 1.165) is 5.56 Å². The number of carbonyl (C=O) groups is 2. The zero-order valence-corrected chi connectivity index (χ0v) is 15.1. The van der Waals surface area contributed by atoms with Gasteiger partial charge in [-0.05, 0) is 38.1 Å². The van der Waals surface area contributed by atoms with E-state index in [0.29, 0.717) is 23.7 Å². The number of hydrogen-bond donors (Lipinski definition) is 1. The summed E-state index contributed by atoms with van der Waals surface area (Å²) >= 11 is 0. The van der Waals surface area contributed by atoms with Crippen molar-refractivity contribution in [1.29, 1.82) is 0 Å². The molecule has 2 aromatic heterocycles. The smallest absolute Gasteiger partial charge is 0.261 e. The predicted octanol–water partition coefficient (Wildman–Crippen LogP) is 2.55. The Morgan fingerprint density at radius 1 is 1.19 bits per heavy atom. The maximum absolute atomic E-state index is 12.4. The Labute approximate surface area is 157 Å². The zero-order chi connectivity index (χ0) is 19.2. The molecule has 7 nitrogen and oxygen atoms in total. The van der Waals surface area contributed by atoms with Crippen molar-refractivity contribution in [3.63, 3.8) is 0 Å². The topological polar surface area (TPSA) is 86.1 Å². The normalized spacial score (nSPS) is 11.6. The van der Waals surface area contributed by atoms with Crippen molar-refractivity contribution in [1.82, 2.24) is 20.1 Å². The van der Waals surface area contributed by atoms with Crippen LogP contribution in [0.5, 0.6) is 5.75 Å². The number of nitrogens with zero attached hydrogens (tertiary/aromatic N) is 3. The maximum atomic E-state index is 12.4. The maximum Gasteiger partial charge on any atom is 0.261 e. The molecule has 0 bridgehead atoms. The molecule has 0 aliphatic heterocycles. The second-order valence-corrected chi connectivity index (χ2v) is 6.00. The van der Waals surface area contributed by atoms with Crippen LogP contribution in [0.4, 0.5) is 0 Å². The lowest BCUT2D eigenvalue weighted by molar-refractivity contribution is -0.127. The van der Waals surface area contributed by atoms with Gasteiger partial charge in [-0.15, -0.1) is 0 Å². The average molecular weight is 364 g/mol. The van der Waals surface area contributed by atoms with Crippen molar-refractivity contribution in [2.24, 2.45) is 0 Å². The quantitative estimate of drug-likeness (QED) is 0.651. The van der Waals surface area contributed by atoms with E-state index >= 15 is 0 Å². The molecule has 1 amide bonds. The number of aromatic nitrogens is 3. The molecule has 3 rings (SSSR count). The van der Waals surface area contributed by atoms with Gasteiger partial charge in [-0.2, -0.15) is 5.10 Å². The molecule has 138 valence electrons. The monoisotopic (exact) mass is 364 g/mol. The number of carbonyl (C=O) groups excluding carboxylic acids is 2. The van der Waals surface area contributed by atoms with Crippen molar-refractivity contribution in [3.05, 3.63) is 72.2 Å². The second-order valence-electron chi connectivity index (χ2n) is 6.00. The molecule has 0 radical (unpaired) electrons. The number of hydrogen-bond acceptors (Lipinski definition) is 5. The van der Waals surface area contributed by atoms with Crippen LogP contribution < -0.4 is 10.1 Å². The molecule has 2 heterocycles. The lowest BCUT2D eigenvalue weighted by Gasteiger charge is -2.16. The fourth-order valence-corrected chi connectivity index (χ4v) is 2.54. The van der Waals surface area contributed by atoms with Crippen molar-refractivity contribution in [2.45, 2.75) is 26.5 Å². The summed E-state index contributed by atoms with van der Waals surface area (Å²) in [5.41, 5.74) is 1.37. The molecule has 0 fully saturated rings. The molecule has 27 heavy (non-hydrogen) atoms. The first kappa shape index (κ1) is 18.3. The van der Waals surface area contributed by atoms with E-state index in [1.807, 2.05) is 18.2 Å². The molecular formula is C20H20N4O3. The minimum Gasteiger partial charge on any atom is -0.481 e. The Balaban J connectivity index is 1.63. The fourth-order valence-electron chi connectivity index (χ4n) is 2.54. The molecule has 1 atom stereocenters. The third-order valence-corrected chi connectivity index (χ3v) is 3.96. The van der Waals surface area contributed by atoms with Gasteiger partial charge in [0.25, 0.3) is 5.91 Å². The summed E-state index contributed by atoms with van der Waals surface area (Å²) in [7, 11) is 0. The Morgan fingerprint density at radius 2 is 2.04 bits per heavy atom. The van der Waals surface area contributed by atoms with Crippen LogP contribution in [0, 0.1) is 0 Å². The minimum absolute atomic E-state index is 0.0553. The molecular weight excluding hydrogens is 344 g/mol. The average Bonchev–Trinajstić information content (AvgIpc) is 3.21. The highest BCUT2D eigenvalue weighted by molar-refractivity contribution is 5.94. The first-order chi connectivity index (χ1) is 13.0. The highest BCUT2D eigenvalue weighted by Gasteiger charge is 2.16. The first-order valence-electron chi connectivity index (χ1n) is 8.54. The van der Waals surface area contributed by atoms with Gasteiger partial charge in [-0.25, -0.2) is 9.67 Å². The fraction of sp³-hybridized carbons (Fsp3) is 0.200. The molecule has 1 unspecified atom stereocenters. The Bertz CT molecular complexity index is 938. The Hall–Kier alpha value is -3.48. The van der Waals surface area contributed by atoms with Crippen LogP contribution >= 0.6 is 0 Å². The lowest BCUT2D eigenvalue weighted by Crippen LogP contribution is -2.36. The van der Waals surface area contributed by atoms with E-state index in [1.54, 1.807) is 54.5 Å². The number of nitrogens with one attached hydrogen (secondary N) is 1. The summed E-state index contributed by atoms with van der Waals surface area (Å²) in [4.78, 5) is 28.2. The molecule has 0 aliphatic carbocycles. The number of Topliss-reactive ketones (excluding diaryl/α,β-unsaturated/α-hetero) is 1. The summed E-state index contributed by atoms with van der Waals surface area (Å²) < 4.78 is 7.31. The van der Waals surface area contributed by atoms with Crippen LogP contribution in [0.1, 0.15) is 29.8 Å². The van der Waals surface area contributed by atoms with E-state index in [1.165, 1.54) is 6.92 Å². The molecule has 1 N–H and O–H groups in total. The van der Waals surface area contributed by atoms with Gasteiger partial charge in [0, 0.05) is 36.3 Å². The highest BCUT2D eigenvalue weighted by atomic mass is 16.5. The van der Waals surface area contributed by atoms with Crippen LogP contribution in [0.25, 0.3) is 5.82 Å². The van der Waals surface area contributed by atoms with E-state index < -0.39 is 6.10 Å². The van der Waals surface area contributed by atoms with Crippen molar-refractivity contribution >= 4 is 11.7 Å². The van der Waals surface area contributed by atoms with Gasteiger partial charge in [0.15, 0.2) is 17.7 Å². The lowest BCUT2D eigenvalue weighted by atomic mass is 10.1. The van der Waals surface area contributed by atoms with Crippen LogP contribution in [0.3, 0.4) is 0 Å². The van der Waals surface area contributed by atoms with E-state index in [2.05, 4.69) is 15.4 Å². The van der Waals surface area contributed by atoms with Gasteiger partial charge < -0.3 is 10.1 Å².